The number of carbonyl (C=O) groups excluding carboxylic acids is 2. The zero-order valence-corrected chi connectivity index (χ0v) is 10.1. The summed E-state index contributed by atoms with van der Waals surface area (Å²) >= 11 is 0. The molecular formula is C13H14O4. The van der Waals surface area contributed by atoms with Gasteiger partial charge in [-0.15, -0.1) is 0 Å². The molecule has 0 N–H and O–H groups in total. The molecule has 0 fully saturated rings. The minimum absolute atomic E-state index is 0.0570. The van der Waals surface area contributed by atoms with Gasteiger partial charge in [-0.3, -0.25) is 9.59 Å². The van der Waals surface area contributed by atoms with Gasteiger partial charge < -0.3 is 9.47 Å². The molecule has 0 radical (unpaired) electrons. The van der Waals surface area contributed by atoms with Gasteiger partial charge >= 0.3 is 5.97 Å². The van der Waals surface area contributed by atoms with Crippen LogP contribution in [0.15, 0.2) is 18.2 Å². The van der Waals surface area contributed by atoms with Gasteiger partial charge in [0.05, 0.1) is 5.56 Å². The standard InChI is InChI=1S/C13H14O4/c1-8-4-5-11-10(6-8)12(15)13(3,7-16-11)17-9(2)14/h4-6H,7H2,1-3H3. The Morgan fingerprint density at radius 1 is 1.47 bits per heavy atom. The third-order valence-electron chi connectivity index (χ3n) is 2.73. The molecule has 1 unspecified atom stereocenters. The molecule has 1 heterocycles. The number of ketones is 1. The molecule has 0 saturated carbocycles. The largest absolute Gasteiger partial charge is 0.488 e. The fourth-order valence-corrected chi connectivity index (χ4v) is 1.91. The van der Waals surface area contributed by atoms with Crippen molar-refractivity contribution < 1.29 is 19.1 Å². The van der Waals surface area contributed by atoms with Crippen LogP contribution in [0, 0.1) is 6.92 Å². The van der Waals surface area contributed by atoms with Crippen LogP contribution in [0.5, 0.6) is 5.75 Å². The second-order valence-electron chi connectivity index (χ2n) is 4.44. The summed E-state index contributed by atoms with van der Waals surface area (Å²) in [5, 5.41) is 0. The van der Waals surface area contributed by atoms with Gasteiger partial charge in [-0.2, -0.15) is 0 Å². The number of hydrogen-bond donors (Lipinski definition) is 0. The van der Waals surface area contributed by atoms with E-state index in [1.165, 1.54) is 6.92 Å². The van der Waals surface area contributed by atoms with Crippen molar-refractivity contribution in [3.8, 4) is 5.75 Å². The smallest absolute Gasteiger partial charge is 0.303 e. The first-order valence-corrected chi connectivity index (χ1v) is 5.40. The Kier molecular flexibility index (Phi) is 2.65. The Morgan fingerprint density at radius 3 is 2.82 bits per heavy atom. The van der Waals surface area contributed by atoms with Gasteiger partial charge in [0, 0.05) is 6.92 Å². The van der Waals surface area contributed by atoms with E-state index >= 15 is 0 Å². The number of aryl methyl sites for hydroxylation is 1. The van der Waals surface area contributed by atoms with Gasteiger partial charge in [-0.1, -0.05) is 11.6 Å². The second kappa shape index (κ2) is 3.87. The lowest BCUT2D eigenvalue weighted by Gasteiger charge is -2.32. The minimum atomic E-state index is -1.22. The number of benzene rings is 1. The molecule has 0 aliphatic carbocycles. The first-order valence-electron chi connectivity index (χ1n) is 5.40. The maximum atomic E-state index is 12.3. The van der Waals surface area contributed by atoms with Crippen LogP contribution in [0.3, 0.4) is 0 Å². The molecule has 17 heavy (non-hydrogen) atoms. The van der Waals surface area contributed by atoms with Gasteiger partial charge in [0.15, 0.2) is 0 Å². The van der Waals surface area contributed by atoms with E-state index in [0.717, 1.165) is 5.56 Å². The summed E-state index contributed by atoms with van der Waals surface area (Å²) in [6.07, 6.45) is 0. The van der Waals surface area contributed by atoms with E-state index in [0.29, 0.717) is 11.3 Å². The van der Waals surface area contributed by atoms with E-state index < -0.39 is 11.6 Å². The molecule has 0 bridgehead atoms. The average Bonchev–Trinajstić information content (AvgIpc) is 2.24. The lowest BCUT2D eigenvalue weighted by Crippen LogP contribution is -2.48. The normalized spacial score (nSPS) is 22.6. The molecule has 1 atom stereocenters. The molecule has 0 amide bonds. The summed E-state index contributed by atoms with van der Waals surface area (Å²) in [4.78, 5) is 23.3. The summed E-state index contributed by atoms with van der Waals surface area (Å²) < 4.78 is 10.5. The number of fused-ring (bicyclic) bond motifs is 1. The first-order chi connectivity index (χ1) is 7.92. The predicted octanol–water partition coefficient (Wildman–Crippen LogP) is 1.89. The highest BCUT2D eigenvalue weighted by molar-refractivity contribution is 6.06. The first kappa shape index (κ1) is 11.6. The molecule has 4 heteroatoms. The van der Waals surface area contributed by atoms with Crippen LogP contribution in [0.1, 0.15) is 29.8 Å². The molecule has 0 spiro atoms. The summed E-state index contributed by atoms with van der Waals surface area (Å²) in [6.45, 7) is 4.80. The fourth-order valence-electron chi connectivity index (χ4n) is 1.91. The van der Waals surface area contributed by atoms with Crippen LogP contribution < -0.4 is 4.74 Å². The van der Waals surface area contributed by atoms with Crippen molar-refractivity contribution in [2.24, 2.45) is 0 Å². The number of Topliss-reactive ketones (excluding diaryl/α,β-unsaturated/α-hetero) is 1. The molecule has 1 aromatic carbocycles. The Bertz CT molecular complexity index is 492. The molecule has 2 rings (SSSR count). The van der Waals surface area contributed by atoms with Crippen molar-refractivity contribution in [2.45, 2.75) is 26.4 Å². The quantitative estimate of drug-likeness (QED) is 0.696. The van der Waals surface area contributed by atoms with E-state index in [2.05, 4.69) is 0 Å². The van der Waals surface area contributed by atoms with Crippen LogP contribution in [-0.4, -0.2) is 24.0 Å². The van der Waals surface area contributed by atoms with Crippen LogP contribution >= 0.6 is 0 Å². The third-order valence-corrected chi connectivity index (χ3v) is 2.73. The summed E-state index contributed by atoms with van der Waals surface area (Å²) in [7, 11) is 0. The Labute approximate surface area is 99.5 Å². The topological polar surface area (TPSA) is 52.6 Å². The van der Waals surface area contributed by atoms with Crippen molar-refractivity contribution in [1.82, 2.24) is 0 Å². The fraction of sp³-hybridized carbons (Fsp3) is 0.385. The summed E-state index contributed by atoms with van der Waals surface area (Å²) in [5.74, 6) is -0.150. The van der Waals surface area contributed by atoms with Gasteiger partial charge in [0.1, 0.15) is 12.4 Å². The molecule has 1 aliphatic heterocycles. The highest BCUT2D eigenvalue weighted by Crippen LogP contribution is 2.32. The lowest BCUT2D eigenvalue weighted by molar-refractivity contribution is -0.153. The highest BCUT2D eigenvalue weighted by atomic mass is 16.6. The molecule has 90 valence electrons. The van der Waals surface area contributed by atoms with Crippen LogP contribution in [0.25, 0.3) is 0 Å². The van der Waals surface area contributed by atoms with Crippen LogP contribution in [0.4, 0.5) is 0 Å². The second-order valence-corrected chi connectivity index (χ2v) is 4.44. The van der Waals surface area contributed by atoms with Gasteiger partial charge in [-0.25, -0.2) is 0 Å². The molecule has 1 aliphatic rings. The van der Waals surface area contributed by atoms with Crippen LogP contribution in [0.2, 0.25) is 0 Å². The number of ether oxygens (including phenoxy) is 2. The number of hydrogen-bond acceptors (Lipinski definition) is 4. The Balaban J connectivity index is 2.41. The zero-order valence-electron chi connectivity index (χ0n) is 10.1. The van der Waals surface area contributed by atoms with Gasteiger partial charge in [-0.05, 0) is 26.0 Å². The van der Waals surface area contributed by atoms with Gasteiger partial charge in [0.25, 0.3) is 0 Å². The Hall–Kier alpha value is -1.84. The monoisotopic (exact) mass is 234 g/mol. The summed E-state index contributed by atoms with van der Waals surface area (Å²) in [5.41, 5.74) is 0.222. The molecule has 4 nitrogen and oxygen atoms in total. The lowest BCUT2D eigenvalue weighted by atomic mass is 9.91. The zero-order chi connectivity index (χ0) is 12.6. The SMILES string of the molecule is CC(=O)OC1(C)COc2ccc(C)cc2C1=O. The molecular weight excluding hydrogens is 220 g/mol. The van der Waals surface area contributed by atoms with Crippen LogP contribution in [-0.2, 0) is 9.53 Å². The molecule has 0 saturated heterocycles. The van der Waals surface area contributed by atoms with Crippen molar-refractivity contribution >= 4 is 11.8 Å². The predicted molar refractivity (Wildman–Crippen MR) is 61.2 cm³/mol. The van der Waals surface area contributed by atoms with E-state index in [-0.39, 0.29) is 12.4 Å². The van der Waals surface area contributed by atoms with Gasteiger partial charge in [0.2, 0.25) is 11.4 Å². The number of carbonyl (C=O) groups is 2. The maximum absolute atomic E-state index is 12.3. The maximum Gasteiger partial charge on any atom is 0.303 e. The van der Waals surface area contributed by atoms with E-state index in [4.69, 9.17) is 9.47 Å². The van der Waals surface area contributed by atoms with E-state index in [1.807, 2.05) is 13.0 Å². The number of esters is 1. The molecule has 0 aromatic heterocycles. The number of rotatable bonds is 1. The molecule has 1 aromatic rings. The van der Waals surface area contributed by atoms with E-state index in [1.54, 1.807) is 19.1 Å². The average molecular weight is 234 g/mol. The van der Waals surface area contributed by atoms with Crippen molar-refractivity contribution in [2.75, 3.05) is 6.61 Å². The third kappa shape index (κ3) is 2.02. The Morgan fingerprint density at radius 2 is 2.18 bits per heavy atom. The minimum Gasteiger partial charge on any atom is -0.488 e. The van der Waals surface area contributed by atoms with E-state index in [9.17, 15) is 9.59 Å². The van der Waals surface area contributed by atoms with Crippen molar-refractivity contribution in [3.63, 3.8) is 0 Å². The van der Waals surface area contributed by atoms with Crippen molar-refractivity contribution in [1.29, 1.82) is 0 Å². The summed E-state index contributed by atoms with van der Waals surface area (Å²) in [6, 6.07) is 5.38. The highest BCUT2D eigenvalue weighted by Gasteiger charge is 2.43. The van der Waals surface area contributed by atoms with Crippen molar-refractivity contribution in [3.05, 3.63) is 29.3 Å².